The summed E-state index contributed by atoms with van der Waals surface area (Å²) in [6.07, 6.45) is 6.37. The van der Waals surface area contributed by atoms with E-state index in [1.807, 2.05) is 36.5 Å². The summed E-state index contributed by atoms with van der Waals surface area (Å²) >= 11 is 0. The van der Waals surface area contributed by atoms with Crippen LogP contribution in [0.1, 0.15) is 50.9 Å². The van der Waals surface area contributed by atoms with Crippen molar-refractivity contribution in [1.29, 1.82) is 0 Å². The third-order valence-corrected chi connectivity index (χ3v) is 4.47. The number of nitrogens with zero attached hydrogens (tertiary/aromatic N) is 1. The summed E-state index contributed by atoms with van der Waals surface area (Å²) in [7, 11) is 0. The second-order valence-corrected chi connectivity index (χ2v) is 6.25. The average molecular weight is 327 g/mol. The van der Waals surface area contributed by atoms with E-state index in [2.05, 4.69) is 22.2 Å². The molecule has 1 saturated heterocycles. The highest BCUT2D eigenvalue weighted by atomic mass is 16.5. The fraction of sp³-hybridized carbons (Fsp3) is 0.474. The van der Waals surface area contributed by atoms with Gasteiger partial charge in [0.2, 0.25) is 5.91 Å². The van der Waals surface area contributed by atoms with Gasteiger partial charge < -0.3 is 15.0 Å². The Morgan fingerprint density at radius 2 is 2.25 bits per heavy atom. The predicted octanol–water partition coefficient (Wildman–Crippen LogP) is 3.60. The van der Waals surface area contributed by atoms with Crippen LogP contribution in [0.5, 0.6) is 0 Å². The van der Waals surface area contributed by atoms with Crippen molar-refractivity contribution in [3.8, 4) is 11.3 Å². The number of rotatable bonds is 7. The standard InChI is InChI=1S/C19H25N3O2/c1-2-16(21-18(23)11-10-15-9-6-12-24-15)19-20-13-17(22-19)14-7-4-3-5-8-14/h3-5,7-8,13,15-16H,2,6,9-12H2,1H3,(H,20,22)(H,21,23)/t15-,16-/m0/s1. The van der Waals surface area contributed by atoms with Gasteiger partial charge in [-0.3, -0.25) is 4.79 Å². The minimum atomic E-state index is -0.0838. The molecule has 2 atom stereocenters. The molecule has 0 spiro atoms. The van der Waals surface area contributed by atoms with Crippen molar-refractivity contribution in [2.45, 2.75) is 51.2 Å². The van der Waals surface area contributed by atoms with Gasteiger partial charge in [0.25, 0.3) is 0 Å². The van der Waals surface area contributed by atoms with Gasteiger partial charge in [-0.05, 0) is 31.2 Å². The topological polar surface area (TPSA) is 67.0 Å². The Labute approximate surface area is 142 Å². The SMILES string of the molecule is CC[C@H](NC(=O)CC[C@@H]1CCCO1)c1ncc(-c2ccccc2)[nH]1. The van der Waals surface area contributed by atoms with Crippen LogP contribution in [0.15, 0.2) is 36.5 Å². The average Bonchev–Trinajstić information content (AvgIpc) is 3.30. The van der Waals surface area contributed by atoms with Crippen LogP contribution in [-0.4, -0.2) is 28.6 Å². The minimum absolute atomic E-state index is 0.0648. The van der Waals surface area contributed by atoms with E-state index in [-0.39, 0.29) is 18.1 Å². The summed E-state index contributed by atoms with van der Waals surface area (Å²) in [4.78, 5) is 20.0. The van der Waals surface area contributed by atoms with Gasteiger partial charge in [-0.2, -0.15) is 0 Å². The number of H-pyrrole nitrogens is 1. The molecule has 0 aliphatic carbocycles. The summed E-state index contributed by atoms with van der Waals surface area (Å²) in [6, 6.07) is 9.99. The third-order valence-electron chi connectivity index (χ3n) is 4.47. The molecule has 1 aliphatic heterocycles. The van der Waals surface area contributed by atoms with Crippen LogP contribution in [0.4, 0.5) is 0 Å². The maximum absolute atomic E-state index is 12.2. The molecule has 0 unspecified atom stereocenters. The van der Waals surface area contributed by atoms with Gasteiger partial charge in [-0.15, -0.1) is 0 Å². The zero-order valence-corrected chi connectivity index (χ0v) is 14.1. The Hall–Kier alpha value is -2.14. The van der Waals surface area contributed by atoms with Gasteiger partial charge in [-0.25, -0.2) is 4.98 Å². The predicted molar refractivity (Wildman–Crippen MR) is 93.4 cm³/mol. The van der Waals surface area contributed by atoms with Gasteiger partial charge in [0.15, 0.2) is 0 Å². The second kappa shape index (κ2) is 8.11. The van der Waals surface area contributed by atoms with Crippen molar-refractivity contribution in [1.82, 2.24) is 15.3 Å². The van der Waals surface area contributed by atoms with Crippen LogP contribution in [0.2, 0.25) is 0 Å². The number of ether oxygens (including phenoxy) is 1. The molecular weight excluding hydrogens is 302 g/mol. The van der Waals surface area contributed by atoms with E-state index in [9.17, 15) is 4.79 Å². The van der Waals surface area contributed by atoms with Crippen molar-refractivity contribution < 1.29 is 9.53 Å². The van der Waals surface area contributed by atoms with Gasteiger partial charge in [0.05, 0.1) is 24.0 Å². The first kappa shape index (κ1) is 16.7. The molecule has 1 aliphatic rings. The number of hydrogen-bond donors (Lipinski definition) is 2. The number of benzene rings is 1. The summed E-state index contributed by atoms with van der Waals surface area (Å²) in [5.41, 5.74) is 2.06. The Kier molecular flexibility index (Phi) is 5.64. The zero-order valence-electron chi connectivity index (χ0n) is 14.1. The van der Waals surface area contributed by atoms with E-state index >= 15 is 0 Å². The molecule has 0 bridgehead atoms. The van der Waals surface area contributed by atoms with Crippen LogP contribution in [0.3, 0.4) is 0 Å². The fourth-order valence-electron chi connectivity index (χ4n) is 3.07. The lowest BCUT2D eigenvalue weighted by atomic mass is 10.1. The molecule has 0 radical (unpaired) electrons. The molecule has 3 rings (SSSR count). The smallest absolute Gasteiger partial charge is 0.220 e. The number of amides is 1. The molecule has 1 aromatic heterocycles. The normalized spacial score (nSPS) is 18.5. The monoisotopic (exact) mass is 327 g/mol. The van der Waals surface area contributed by atoms with Crippen LogP contribution in [0, 0.1) is 0 Å². The Morgan fingerprint density at radius 3 is 2.96 bits per heavy atom. The Morgan fingerprint density at radius 1 is 1.42 bits per heavy atom. The molecule has 1 aromatic carbocycles. The summed E-state index contributed by atoms with van der Waals surface area (Å²) < 4.78 is 5.57. The molecule has 2 N–H and O–H groups in total. The molecule has 5 nitrogen and oxygen atoms in total. The van der Waals surface area contributed by atoms with Crippen molar-refractivity contribution in [3.63, 3.8) is 0 Å². The molecule has 2 heterocycles. The fourth-order valence-corrected chi connectivity index (χ4v) is 3.07. The van der Waals surface area contributed by atoms with Crippen LogP contribution < -0.4 is 5.32 Å². The first-order valence-electron chi connectivity index (χ1n) is 8.77. The largest absolute Gasteiger partial charge is 0.378 e. The lowest BCUT2D eigenvalue weighted by molar-refractivity contribution is -0.122. The minimum Gasteiger partial charge on any atom is -0.378 e. The Bertz CT molecular complexity index is 648. The quantitative estimate of drug-likeness (QED) is 0.816. The molecular formula is C19H25N3O2. The van der Waals surface area contributed by atoms with E-state index in [1.54, 1.807) is 0 Å². The lowest BCUT2D eigenvalue weighted by Gasteiger charge is -2.15. The van der Waals surface area contributed by atoms with Crippen molar-refractivity contribution in [3.05, 3.63) is 42.4 Å². The van der Waals surface area contributed by atoms with E-state index in [4.69, 9.17) is 4.74 Å². The lowest BCUT2D eigenvalue weighted by Crippen LogP contribution is -2.29. The summed E-state index contributed by atoms with van der Waals surface area (Å²) in [5, 5.41) is 3.08. The van der Waals surface area contributed by atoms with Crippen molar-refractivity contribution >= 4 is 5.91 Å². The molecule has 24 heavy (non-hydrogen) atoms. The second-order valence-electron chi connectivity index (χ2n) is 6.25. The number of nitrogens with one attached hydrogen (secondary N) is 2. The number of aromatic amines is 1. The first-order valence-corrected chi connectivity index (χ1v) is 8.77. The summed E-state index contributed by atoms with van der Waals surface area (Å²) in [5.74, 6) is 0.872. The van der Waals surface area contributed by atoms with E-state index < -0.39 is 0 Å². The first-order chi connectivity index (χ1) is 11.8. The van der Waals surface area contributed by atoms with Crippen molar-refractivity contribution in [2.24, 2.45) is 0 Å². The van der Waals surface area contributed by atoms with E-state index in [0.717, 1.165) is 49.4 Å². The highest BCUT2D eigenvalue weighted by Crippen LogP contribution is 2.21. The molecule has 1 amide bonds. The molecule has 0 saturated carbocycles. The maximum atomic E-state index is 12.2. The highest BCUT2D eigenvalue weighted by molar-refractivity contribution is 5.76. The molecule has 128 valence electrons. The molecule has 2 aromatic rings. The van der Waals surface area contributed by atoms with Gasteiger partial charge in [-0.1, -0.05) is 37.3 Å². The number of carbonyl (C=O) groups is 1. The van der Waals surface area contributed by atoms with E-state index in [0.29, 0.717) is 6.42 Å². The Balaban J connectivity index is 1.57. The maximum Gasteiger partial charge on any atom is 0.220 e. The van der Waals surface area contributed by atoms with Gasteiger partial charge >= 0.3 is 0 Å². The van der Waals surface area contributed by atoms with Crippen LogP contribution in [0.25, 0.3) is 11.3 Å². The van der Waals surface area contributed by atoms with Gasteiger partial charge in [0, 0.05) is 13.0 Å². The van der Waals surface area contributed by atoms with Crippen LogP contribution >= 0.6 is 0 Å². The van der Waals surface area contributed by atoms with E-state index in [1.165, 1.54) is 0 Å². The number of hydrogen-bond acceptors (Lipinski definition) is 3. The van der Waals surface area contributed by atoms with Crippen molar-refractivity contribution in [2.75, 3.05) is 6.61 Å². The summed E-state index contributed by atoms with van der Waals surface area (Å²) in [6.45, 7) is 2.88. The van der Waals surface area contributed by atoms with Crippen LogP contribution in [-0.2, 0) is 9.53 Å². The number of aromatic nitrogens is 2. The third kappa shape index (κ3) is 4.23. The highest BCUT2D eigenvalue weighted by Gasteiger charge is 2.19. The number of imidazole rings is 1. The molecule has 5 heteroatoms. The molecule has 1 fully saturated rings. The van der Waals surface area contributed by atoms with Gasteiger partial charge in [0.1, 0.15) is 5.82 Å². The zero-order chi connectivity index (χ0) is 16.8. The number of carbonyl (C=O) groups excluding carboxylic acids is 1.